The highest BCUT2D eigenvalue weighted by Crippen LogP contribution is 2.39. The van der Waals surface area contributed by atoms with Crippen molar-refractivity contribution in [2.45, 2.75) is 39.2 Å². The molecule has 31 heavy (non-hydrogen) atoms. The topological polar surface area (TPSA) is 148 Å². The molecule has 0 saturated heterocycles. The Kier molecular flexibility index (Phi) is 8.64. The van der Waals surface area contributed by atoms with Gasteiger partial charge in [-0.2, -0.15) is 0 Å². The summed E-state index contributed by atoms with van der Waals surface area (Å²) in [5, 5.41) is 14.9. The van der Waals surface area contributed by atoms with E-state index >= 15 is 0 Å². The first kappa shape index (κ1) is 24.4. The van der Waals surface area contributed by atoms with Gasteiger partial charge in [0.2, 0.25) is 5.91 Å². The van der Waals surface area contributed by atoms with E-state index in [1.54, 1.807) is 18.2 Å². The van der Waals surface area contributed by atoms with Crippen molar-refractivity contribution in [2.75, 3.05) is 6.54 Å². The highest BCUT2D eigenvalue weighted by atomic mass is 32.2. The van der Waals surface area contributed by atoms with E-state index in [2.05, 4.69) is 10.6 Å². The molecule has 1 aliphatic heterocycles. The second-order valence-corrected chi connectivity index (χ2v) is 8.62. The monoisotopic (exact) mass is 450 g/mol. The highest BCUT2D eigenvalue weighted by molar-refractivity contribution is 8.11. The fourth-order valence-electron chi connectivity index (χ4n) is 3.15. The Hall–Kier alpha value is -2.85. The van der Waals surface area contributed by atoms with Crippen molar-refractivity contribution < 1.29 is 23.9 Å². The average molecular weight is 451 g/mol. The summed E-state index contributed by atoms with van der Waals surface area (Å²) in [5.74, 6) is -1.78. The molecule has 0 spiro atoms. The zero-order chi connectivity index (χ0) is 23.1. The van der Waals surface area contributed by atoms with Crippen LogP contribution in [0, 0.1) is 11.7 Å². The summed E-state index contributed by atoms with van der Waals surface area (Å²) in [7, 11) is 0. The number of rotatable bonds is 10. The molecule has 1 atom stereocenters. The molecule has 1 aromatic carbocycles. The number of aliphatic carboxylic acids is 1. The number of carbonyl (C=O) groups excluding carboxylic acids is 2. The Morgan fingerprint density at radius 1 is 1.26 bits per heavy atom. The van der Waals surface area contributed by atoms with Gasteiger partial charge in [0.25, 0.3) is 0 Å². The van der Waals surface area contributed by atoms with Gasteiger partial charge in [-0.3, -0.25) is 9.59 Å². The Morgan fingerprint density at radius 3 is 2.55 bits per heavy atom. The van der Waals surface area contributed by atoms with Crippen LogP contribution in [0.25, 0.3) is 4.91 Å². The summed E-state index contributed by atoms with van der Waals surface area (Å²) in [5.41, 5.74) is 11.9. The lowest BCUT2D eigenvalue weighted by atomic mass is 10.0. The number of allylic oxidation sites excluding steroid dienone is 1. The molecule has 0 radical (unpaired) electrons. The van der Waals surface area contributed by atoms with E-state index in [1.165, 1.54) is 6.07 Å². The number of halogens is 1. The number of urea groups is 1. The van der Waals surface area contributed by atoms with Crippen LogP contribution >= 0.6 is 11.8 Å². The van der Waals surface area contributed by atoms with Crippen molar-refractivity contribution in [3.63, 3.8) is 0 Å². The standard InChI is InChI=1S/C21H27FN4O4S/c1-11(2)9-16(20(28)29)25-8-7-12-10-13(3-5-15(12)22)17-6-4-14(18(23)27)19(31-17)26-21(24)30/h3,5-6,10-11,16,25H,4,7-9H2,1-2H3,(H2,23,27)(H,28,29)(H3,24,26,30). The van der Waals surface area contributed by atoms with Gasteiger partial charge in [-0.25, -0.2) is 9.18 Å². The van der Waals surface area contributed by atoms with Gasteiger partial charge in [-0.15, -0.1) is 0 Å². The molecule has 1 unspecified atom stereocenters. The molecule has 1 heterocycles. The predicted octanol–water partition coefficient (Wildman–Crippen LogP) is 2.30. The van der Waals surface area contributed by atoms with Crippen LogP contribution in [0.1, 0.15) is 37.8 Å². The van der Waals surface area contributed by atoms with Crippen molar-refractivity contribution >= 4 is 34.6 Å². The minimum atomic E-state index is -0.932. The number of carbonyl (C=O) groups is 3. The molecule has 7 N–H and O–H groups in total. The van der Waals surface area contributed by atoms with Gasteiger partial charge in [-0.1, -0.05) is 37.8 Å². The van der Waals surface area contributed by atoms with Gasteiger partial charge in [0.1, 0.15) is 11.9 Å². The van der Waals surface area contributed by atoms with Crippen LogP contribution in [0.5, 0.6) is 0 Å². The van der Waals surface area contributed by atoms with Crippen molar-refractivity contribution in [3.05, 3.63) is 51.8 Å². The first-order chi connectivity index (χ1) is 14.6. The van der Waals surface area contributed by atoms with Crippen LogP contribution in [-0.2, 0) is 16.0 Å². The van der Waals surface area contributed by atoms with E-state index < -0.39 is 29.8 Å². The van der Waals surface area contributed by atoms with E-state index in [-0.39, 0.29) is 22.9 Å². The fraction of sp³-hybridized carbons (Fsp3) is 0.381. The first-order valence-electron chi connectivity index (χ1n) is 9.80. The van der Waals surface area contributed by atoms with Crippen molar-refractivity contribution in [2.24, 2.45) is 17.4 Å². The zero-order valence-electron chi connectivity index (χ0n) is 17.4. The Morgan fingerprint density at radius 2 is 1.97 bits per heavy atom. The number of nitrogens with one attached hydrogen (secondary N) is 2. The quantitative estimate of drug-likeness (QED) is 0.369. The molecule has 1 aliphatic rings. The molecule has 10 heteroatoms. The van der Waals surface area contributed by atoms with E-state index in [1.807, 2.05) is 13.8 Å². The largest absolute Gasteiger partial charge is 0.480 e. The summed E-state index contributed by atoms with van der Waals surface area (Å²) >= 11 is 1.12. The number of amides is 3. The number of carboxylic acids is 1. The first-order valence-corrected chi connectivity index (χ1v) is 10.6. The Labute approximate surface area is 184 Å². The average Bonchev–Trinajstić information content (AvgIpc) is 2.67. The molecule has 168 valence electrons. The maximum absolute atomic E-state index is 14.3. The molecular weight excluding hydrogens is 423 g/mol. The van der Waals surface area contributed by atoms with Crippen LogP contribution in [0.2, 0.25) is 0 Å². The third-order valence-electron chi connectivity index (χ3n) is 4.63. The third-order valence-corrected chi connectivity index (χ3v) is 5.81. The highest BCUT2D eigenvalue weighted by Gasteiger charge is 2.22. The molecular formula is C21H27FN4O4S. The molecule has 0 aromatic heterocycles. The Bertz CT molecular complexity index is 930. The summed E-state index contributed by atoms with van der Waals surface area (Å²) in [6.45, 7) is 4.18. The second-order valence-electron chi connectivity index (χ2n) is 7.57. The summed E-state index contributed by atoms with van der Waals surface area (Å²) < 4.78 is 14.3. The third kappa shape index (κ3) is 7.11. The van der Waals surface area contributed by atoms with E-state index in [9.17, 15) is 23.9 Å². The number of hydrogen-bond acceptors (Lipinski definition) is 5. The van der Waals surface area contributed by atoms with Gasteiger partial charge in [0.15, 0.2) is 0 Å². The molecule has 0 saturated carbocycles. The fourth-order valence-corrected chi connectivity index (χ4v) is 4.24. The molecule has 0 bridgehead atoms. The van der Waals surface area contributed by atoms with E-state index in [4.69, 9.17) is 11.5 Å². The lowest BCUT2D eigenvalue weighted by Crippen LogP contribution is -2.38. The summed E-state index contributed by atoms with van der Waals surface area (Å²) in [6.07, 6.45) is 2.76. The van der Waals surface area contributed by atoms with Crippen LogP contribution in [0.4, 0.5) is 9.18 Å². The number of hydrogen-bond donors (Lipinski definition) is 5. The van der Waals surface area contributed by atoms with Gasteiger partial charge in [0, 0.05) is 11.4 Å². The molecule has 8 nitrogen and oxygen atoms in total. The number of primary amides is 2. The van der Waals surface area contributed by atoms with Crippen LogP contribution in [0.15, 0.2) is 34.9 Å². The van der Waals surface area contributed by atoms with E-state index in [0.717, 1.165) is 11.8 Å². The van der Waals surface area contributed by atoms with Crippen LogP contribution < -0.4 is 22.1 Å². The van der Waals surface area contributed by atoms with Gasteiger partial charge in [0.05, 0.1) is 10.6 Å². The second kappa shape index (κ2) is 11.0. The van der Waals surface area contributed by atoms with Gasteiger partial charge < -0.3 is 27.2 Å². The van der Waals surface area contributed by atoms with Crippen molar-refractivity contribution in [1.29, 1.82) is 0 Å². The summed E-state index contributed by atoms with van der Waals surface area (Å²) in [4.78, 5) is 34.9. The van der Waals surface area contributed by atoms with E-state index in [0.29, 0.717) is 35.4 Å². The van der Waals surface area contributed by atoms with Crippen molar-refractivity contribution in [3.8, 4) is 0 Å². The molecule has 2 rings (SSSR count). The van der Waals surface area contributed by atoms with Crippen LogP contribution in [0.3, 0.4) is 0 Å². The normalized spacial score (nSPS) is 14.9. The Balaban J connectivity index is 2.13. The van der Waals surface area contributed by atoms with Crippen molar-refractivity contribution in [1.82, 2.24) is 10.6 Å². The predicted molar refractivity (Wildman–Crippen MR) is 118 cm³/mol. The van der Waals surface area contributed by atoms with Gasteiger partial charge in [-0.05, 0) is 48.4 Å². The number of thioether (sulfide) groups is 1. The smallest absolute Gasteiger partial charge is 0.320 e. The number of nitrogens with two attached hydrogens (primary N) is 2. The van der Waals surface area contributed by atoms with Crippen LogP contribution in [-0.4, -0.2) is 35.6 Å². The molecule has 3 amide bonds. The molecule has 0 aliphatic carbocycles. The number of carboxylic acid groups (broad SMARTS) is 1. The maximum Gasteiger partial charge on any atom is 0.320 e. The minimum absolute atomic E-state index is 0.205. The maximum atomic E-state index is 14.3. The molecule has 0 fully saturated rings. The van der Waals surface area contributed by atoms with Gasteiger partial charge >= 0.3 is 12.0 Å². The minimum Gasteiger partial charge on any atom is -0.480 e. The number of benzene rings is 1. The molecule has 1 aromatic rings. The summed E-state index contributed by atoms with van der Waals surface area (Å²) in [6, 6.07) is 3.10. The SMILES string of the molecule is CC(C)CC(NCCc1cc(C2=CCC(C(N)=O)=C(NC(N)=O)S2)ccc1F)C(=O)O. The lowest BCUT2D eigenvalue weighted by molar-refractivity contribution is -0.139. The zero-order valence-corrected chi connectivity index (χ0v) is 18.2. The lowest BCUT2D eigenvalue weighted by Gasteiger charge is -2.20.